The van der Waals surface area contributed by atoms with E-state index in [-0.39, 0.29) is 17.1 Å². The second kappa shape index (κ2) is 8.13. The molecule has 0 saturated heterocycles. The number of carbonyl (C=O) groups excluding carboxylic acids is 1. The van der Waals surface area contributed by atoms with Crippen LogP contribution in [0.2, 0.25) is 0 Å². The molecule has 0 aromatic carbocycles. The molecule has 174 valence electrons. The Morgan fingerprint density at radius 3 is 2.48 bits per heavy atom. The fraction of sp³-hybridized carbons (Fsp3) is 0.821. The molecule has 4 aliphatic carbocycles. The van der Waals surface area contributed by atoms with Gasteiger partial charge in [-0.3, -0.25) is 4.79 Å². The predicted molar refractivity (Wildman–Crippen MR) is 125 cm³/mol. The van der Waals surface area contributed by atoms with E-state index in [4.69, 9.17) is 0 Å². The van der Waals surface area contributed by atoms with Crippen LogP contribution < -0.4 is 0 Å². The number of ketones is 1. The van der Waals surface area contributed by atoms with Crippen LogP contribution in [-0.2, 0) is 4.79 Å². The highest BCUT2D eigenvalue weighted by atomic mass is 16.3. The monoisotopic (exact) mass is 428 g/mol. The summed E-state index contributed by atoms with van der Waals surface area (Å²) in [6, 6.07) is 0. The second-order valence-corrected chi connectivity index (χ2v) is 12.3. The molecule has 0 aromatic rings. The van der Waals surface area contributed by atoms with Gasteiger partial charge in [-0.15, -0.1) is 0 Å². The van der Waals surface area contributed by atoms with Crippen molar-refractivity contribution in [2.75, 3.05) is 0 Å². The molecule has 4 rings (SSSR count). The third-order valence-electron chi connectivity index (χ3n) is 10.5. The van der Waals surface area contributed by atoms with Crippen molar-refractivity contribution in [1.29, 1.82) is 0 Å². The lowest BCUT2D eigenvalue weighted by molar-refractivity contribution is -0.118. The normalized spacial score (nSPS) is 45.4. The molecular weight excluding hydrogens is 384 g/mol. The van der Waals surface area contributed by atoms with Crippen molar-refractivity contribution in [1.82, 2.24) is 0 Å². The number of Topliss-reactive ketones (excluding diaryl/α,β-unsaturated/α-hetero) is 1. The zero-order chi connectivity index (χ0) is 22.7. The summed E-state index contributed by atoms with van der Waals surface area (Å²) in [5, 5.41) is 20.9. The molecule has 31 heavy (non-hydrogen) atoms. The van der Waals surface area contributed by atoms with E-state index in [2.05, 4.69) is 47.3 Å². The number of fused-ring (bicyclic) bond motifs is 5. The van der Waals surface area contributed by atoms with Crippen molar-refractivity contribution in [3.05, 3.63) is 23.8 Å². The standard InChI is InChI=1S/C28H44O3/c1-16(2)18(4)25(30)15-17(3)20-9-10-21-19-7-8-23-26(31)24(29)12-14-28(23,6)22(19)11-13-27(20,21)5/h8,16-17,19-22,24,26,29,31H,4,7,9-15H2,1-3,5-6H3/t17-,19+,20-,21+,22+,24+,26-,27-,28-/m1/s1. The van der Waals surface area contributed by atoms with E-state index < -0.39 is 12.2 Å². The molecule has 0 bridgehead atoms. The van der Waals surface area contributed by atoms with Gasteiger partial charge in [-0.05, 0) is 102 Å². The van der Waals surface area contributed by atoms with E-state index >= 15 is 0 Å². The summed E-state index contributed by atoms with van der Waals surface area (Å²) in [6.07, 6.45) is 9.37. The molecule has 3 fully saturated rings. The summed E-state index contributed by atoms with van der Waals surface area (Å²) >= 11 is 0. The van der Waals surface area contributed by atoms with Crippen molar-refractivity contribution in [3.8, 4) is 0 Å². The van der Waals surface area contributed by atoms with Crippen LogP contribution >= 0.6 is 0 Å². The van der Waals surface area contributed by atoms with Gasteiger partial charge in [-0.25, -0.2) is 0 Å². The molecule has 0 unspecified atom stereocenters. The molecule has 3 nitrogen and oxygen atoms in total. The Morgan fingerprint density at radius 1 is 1.10 bits per heavy atom. The fourth-order valence-corrected chi connectivity index (χ4v) is 8.58. The lowest BCUT2D eigenvalue weighted by Gasteiger charge is -2.59. The summed E-state index contributed by atoms with van der Waals surface area (Å²) in [5.41, 5.74) is 2.26. The van der Waals surface area contributed by atoms with Gasteiger partial charge in [0.25, 0.3) is 0 Å². The first kappa shape index (κ1) is 23.2. The van der Waals surface area contributed by atoms with E-state index in [1.807, 2.05) is 0 Å². The lowest BCUT2D eigenvalue weighted by Crippen LogP contribution is -2.53. The smallest absolute Gasteiger partial charge is 0.158 e. The molecule has 0 radical (unpaired) electrons. The van der Waals surface area contributed by atoms with E-state index in [0.717, 1.165) is 24.0 Å². The molecule has 2 N–H and O–H groups in total. The van der Waals surface area contributed by atoms with Crippen LogP contribution in [0.1, 0.15) is 86.0 Å². The SMILES string of the molecule is C=C(C(=O)C[C@@H](C)[C@H]1CC[C@H]2[C@@H]3CC=C4[C@@H](O)[C@@H](O)CC[C@]4(C)[C@H]3CC[C@]12C)C(C)C. The minimum Gasteiger partial charge on any atom is -0.390 e. The lowest BCUT2D eigenvalue weighted by atomic mass is 9.46. The average Bonchev–Trinajstić information content (AvgIpc) is 3.07. The third-order valence-corrected chi connectivity index (χ3v) is 10.5. The molecule has 0 spiro atoms. The van der Waals surface area contributed by atoms with Gasteiger partial charge in [0.15, 0.2) is 5.78 Å². The molecule has 4 aliphatic rings. The molecule has 0 amide bonds. The highest BCUT2D eigenvalue weighted by molar-refractivity contribution is 5.95. The minimum absolute atomic E-state index is 0.0393. The third kappa shape index (κ3) is 3.59. The first-order chi connectivity index (χ1) is 14.5. The molecular formula is C28H44O3. The van der Waals surface area contributed by atoms with Crippen LogP contribution in [0.25, 0.3) is 0 Å². The first-order valence-corrected chi connectivity index (χ1v) is 12.8. The highest BCUT2D eigenvalue weighted by Gasteiger charge is 2.60. The number of hydrogen-bond acceptors (Lipinski definition) is 3. The Labute approximate surface area is 189 Å². The van der Waals surface area contributed by atoms with Crippen molar-refractivity contribution >= 4 is 5.78 Å². The molecule has 0 aromatic heterocycles. The fourth-order valence-electron chi connectivity index (χ4n) is 8.58. The number of hydrogen-bond donors (Lipinski definition) is 2. The molecule has 9 atom stereocenters. The van der Waals surface area contributed by atoms with Crippen LogP contribution in [0, 0.1) is 46.3 Å². The first-order valence-electron chi connectivity index (χ1n) is 12.8. The van der Waals surface area contributed by atoms with Gasteiger partial charge in [0.2, 0.25) is 0 Å². The Morgan fingerprint density at radius 2 is 1.81 bits per heavy atom. The van der Waals surface area contributed by atoms with Crippen LogP contribution in [-0.4, -0.2) is 28.2 Å². The molecule has 0 aliphatic heterocycles. The summed E-state index contributed by atoms with van der Waals surface area (Å²) < 4.78 is 0. The van der Waals surface area contributed by atoms with Gasteiger partial charge >= 0.3 is 0 Å². The van der Waals surface area contributed by atoms with E-state index in [1.165, 1.54) is 25.7 Å². The molecule has 3 heteroatoms. The number of allylic oxidation sites excluding steroid dienone is 2. The van der Waals surface area contributed by atoms with E-state index in [9.17, 15) is 15.0 Å². The maximum Gasteiger partial charge on any atom is 0.158 e. The Balaban J connectivity index is 1.53. The van der Waals surface area contributed by atoms with Crippen LogP contribution in [0.4, 0.5) is 0 Å². The van der Waals surface area contributed by atoms with Crippen LogP contribution in [0.15, 0.2) is 23.8 Å². The van der Waals surface area contributed by atoms with Crippen LogP contribution in [0.3, 0.4) is 0 Å². The van der Waals surface area contributed by atoms with Gasteiger partial charge in [0.1, 0.15) is 6.10 Å². The Bertz CT molecular complexity index is 766. The largest absolute Gasteiger partial charge is 0.390 e. The van der Waals surface area contributed by atoms with Gasteiger partial charge in [-0.2, -0.15) is 0 Å². The second-order valence-electron chi connectivity index (χ2n) is 12.3. The van der Waals surface area contributed by atoms with Crippen molar-refractivity contribution in [2.45, 2.75) is 98.2 Å². The summed E-state index contributed by atoms with van der Waals surface area (Å²) in [7, 11) is 0. The Hall–Kier alpha value is -0.930. The quantitative estimate of drug-likeness (QED) is 0.436. The predicted octanol–water partition coefficient (Wildman–Crippen LogP) is 5.70. The number of aliphatic hydroxyl groups is 2. The summed E-state index contributed by atoms with van der Waals surface area (Å²) in [6.45, 7) is 15.4. The summed E-state index contributed by atoms with van der Waals surface area (Å²) in [4.78, 5) is 12.7. The number of carbonyl (C=O) groups is 1. The minimum atomic E-state index is -0.676. The number of rotatable bonds is 5. The molecule has 0 heterocycles. The van der Waals surface area contributed by atoms with Gasteiger partial charge in [0, 0.05) is 6.42 Å². The van der Waals surface area contributed by atoms with Crippen LogP contribution in [0.5, 0.6) is 0 Å². The zero-order valence-electron chi connectivity index (χ0n) is 20.4. The van der Waals surface area contributed by atoms with E-state index in [1.54, 1.807) is 0 Å². The van der Waals surface area contributed by atoms with Crippen molar-refractivity contribution < 1.29 is 15.0 Å². The average molecular weight is 429 g/mol. The number of aliphatic hydroxyl groups excluding tert-OH is 2. The van der Waals surface area contributed by atoms with Gasteiger partial charge in [-0.1, -0.05) is 47.3 Å². The Kier molecular flexibility index (Phi) is 6.10. The topological polar surface area (TPSA) is 57.5 Å². The van der Waals surface area contributed by atoms with Gasteiger partial charge in [0.05, 0.1) is 6.10 Å². The molecule has 3 saturated carbocycles. The maximum atomic E-state index is 12.7. The van der Waals surface area contributed by atoms with Crippen molar-refractivity contribution in [3.63, 3.8) is 0 Å². The highest BCUT2D eigenvalue weighted by Crippen LogP contribution is 2.67. The maximum absolute atomic E-state index is 12.7. The van der Waals surface area contributed by atoms with Gasteiger partial charge < -0.3 is 10.2 Å². The zero-order valence-corrected chi connectivity index (χ0v) is 20.4. The van der Waals surface area contributed by atoms with Crippen molar-refractivity contribution in [2.24, 2.45) is 46.3 Å². The van der Waals surface area contributed by atoms with E-state index in [0.29, 0.717) is 47.8 Å². The summed E-state index contributed by atoms with van der Waals surface area (Å²) in [5.74, 6) is 3.51.